The normalized spacial score (nSPS) is 12.7. The van der Waals surface area contributed by atoms with Crippen molar-refractivity contribution in [1.82, 2.24) is 0 Å². The molecule has 3 aromatic rings. The topological polar surface area (TPSA) is 134 Å². The highest BCUT2D eigenvalue weighted by atomic mass is 16.5. The molecule has 0 unspecified atom stereocenters. The van der Waals surface area contributed by atoms with Crippen molar-refractivity contribution in [1.29, 1.82) is 5.26 Å². The van der Waals surface area contributed by atoms with Gasteiger partial charge in [-0.3, -0.25) is 14.4 Å². The molecule has 162 valence electrons. The van der Waals surface area contributed by atoms with Crippen molar-refractivity contribution in [3.05, 3.63) is 94.0 Å². The van der Waals surface area contributed by atoms with Crippen LogP contribution in [-0.4, -0.2) is 34.7 Å². The van der Waals surface area contributed by atoms with Crippen molar-refractivity contribution >= 4 is 29.1 Å². The van der Waals surface area contributed by atoms with E-state index in [4.69, 9.17) is 10.00 Å². The second-order valence-corrected chi connectivity index (χ2v) is 7.35. The molecule has 3 aromatic carbocycles. The van der Waals surface area contributed by atoms with E-state index in [-0.39, 0.29) is 45.0 Å². The van der Waals surface area contributed by atoms with Crippen molar-refractivity contribution in [2.24, 2.45) is 0 Å². The van der Waals surface area contributed by atoms with E-state index in [1.807, 2.05) is 6.07 Å². The van der Waals surface area contributed by atoms with Gasteiger partial charge in [0.1, 0.15) is 5.75 Å². The van der Waals surface area contributed by atoms with E-state index >= 15 is 0 Å². The number of fused-ring (bicyclic) bond motifs is 2. The second kappa shape index (κ2) is 8.40. The van der Waals surface area contributed by atoms with Gasteiger partial charge >= 0.3 is 5.97 Å². The lowest BCUT2D eigenvalue weighted by Crippen LogP contribution is -2.31. The Hall–Kier alpha value is -4.77. The zero-order chi connectivity index (χ0) is 23.7. The molecule has 1 atom stereocenters. The number of phenolic OH excluding ortho intramolecular Hbond substituents is 1. The number of hydrogen-bond acceptors (Lipinski definition) is 7. The van der Waals surface area contributed by atoms with Gasteiger partial charge in [-0.1, -0.05) is 36.4 Å². The van der Waals surface area contributed by atoms with Crippen molar-refractivity contribution in [2.45, 2.75) is 13.0 Å². The van der Waals surface area contributed by atoms with Crippen LogP contribution in [0.5, 0.6) is 5.75 Å². The molecule has 0 saturated heterocycles. The van der Waals surface area contributed by atoms with Gasteiger partial charge in [0.05, 0.1) is 28.4 Å². The summed E-state index contributed by atoms with van der Waals surface area (Å²) in [5.74, 6) is -2.66. The summed E-state index contributed by atoms with van der Waals surface area (Å²) in [5.41, 5.74) is 0.859. The van der Waals surface area contributed by atoms with E-state index in [2.05, 4.69) is 5.32 Å². The largest absolute Gasteiger partial charge is 0.508 e. The first-order chi connectivity index (χ1) is 15.8. The fourth-order valence-corrected chi connectivity index (χ4v) is 3.56. The van der Waals surface area contributed by atoms with Crippen LogP contribution in [0, 0.1) is 11.3 Å². The number of esters is 1. The average molecular weight is 440 g/mol. The number of ether oxygens (including phenoxy) is 1. The molecule has 0 heterocycles. The summed E-state index contributed by atoms with van der Waals surface area (Å²) >= 11 is 0. The highest BCUT2D eigenvalue weighted by Gasteiger charge is 2.32. The van der Waals surface area contributed by atoms with Crippen molar-refractivity contribution < 1.29 is 29.0 Å². The van der Waals surface area contributed by atoms with Crippen LogP contribution in [-0.2, 0) is 9.53 Å². The highest BCUT2D eigenvalue weighted by Crippen LogP contribution is 2.32. The maximum absolute atomic E-state index is 13.0. The molecule has 1 amide bonds. The molecule has 0 aliphatic heterocycles. The lowest BCUT2D eigenvalue weighted by Gasteiger charge is -2.21. The number of aromatic hydroxyl groups is 1. The number of carbonyl (C=O) groups excluding carboxylic acids is 4. The van der Waals surface area contributed by atoms with Gasteiger partial charge in [0.15, 0.2) is 17.7 Å². The number of nitrogens with one attached hydrogen (secondary N) is 1. The smallest absolute Gasteiger partial charge is 0.339 e. The molecule has 0 saturated carbocycles. The number of nitrogens with zero attached hydrogens (tertiary/aromatic N) is 1. The van der Waals surface area contributed by atoms with Gasteiger partial charge in [0, 0.05) is 16.7 Å². The van der Waals surface area contributed by atoms with E-state index < -0.39 is 23.8 Å². The van der Waals surface area contributed by atoms with E-state index in [1.54, 1.807) is 30.3 Å². The number of hydrogen-bond donors (Lipinski definition) is 2. The summed E-state index contributed by atoms with van der Waals surface area (Å²) < 4.78 is 5.15. The van der Waals surface area contributed by atoms with Gasteiger partial charge in [-0.2, -0.15) is 5.26 Å². The SMILES string of the molecule is C[C@@H](OC(=O)c1cc(O)cc(C#N)c1)C(=O)Nc1cccc2c1C(=O)c1ccccc1C2=O. The fraction of sp³-hybridized carbons (Fsp3) is 0.0800. The lowest BCUT2D eigenvalue weighted by molar-refractivity contribution is -0.123. The van der Waals surface area contributed by atoms with Gasteiger partial charge in [0.2, 0.25) is 0 Å². The molecule has 0 fully saturated rings. The summed E-state index contributed by atoms with van der Waals surface area (Å²) in [4.78, 5) is 51.0. The number of ketones is 2. The average Bonchev–Trinajstić information content (AvgIpc) is 2.81. The Morgan fingerprint density at radius 2 is 1.64 bits per heavy atom. The third-order valence-corrected chi connectivity index (χ3v) is 5.15. The molecular formula is C25H16N2O6. The lowest BCUT2D eigenvalue weighted by atomic mass is 9.83. The number of carbonyl (C=O) groups is 4. The molecule has 0 spiro atoms. The maximum atomic E-state index is 13.0. The molecule has 0 bridgehead atoms. The summed E-state index contributed by atoms with van der Waals surface area (Å²) in [7, 11) is 0. The predicted octanol–water partition coefficient (Wildman–Crippen LogP) is 3.22. The summed E-state index contributed by atoms with van der Waals surface area (Å²) in [6, 6.07) is 16.3. The minimum atomic E-state index is -1.28. The predicted molar refractivity (Wildman–Crippen MR) is 116 cm³/mol. The van der Waals surface area contributed by atoms with E-state index in [0.29, 0.717) is 5.56 Å². The summed E-state index contributed by atoms with van der Waals surface area (Å²) in [5, 5.41) is 21.2. The van der Waals surface area contributed by atoms with Gasteiger partial charge < -0.3 is 15.2 Å². The van der Waals surface area contributed by atoms with Crippen LogP contribution < -0.4 is 5.32 Å². The van der Waals surface area contributed by atoms with Crippen LogP contribution >= 0.6 is 0 Å². The zero-order valence-corrected chi connectivity index (χ0v) is 17.3. The Morgan fingerprint density at radius 1 is 0.970 bits per heavy atom. The van der Waals surface area contributed by atoms with Gasteiger partial charge in [0.25, 0.3) is 5.91 Å². The number of amides is 1. The van der Waals surface area contributed by atoms with Gasteiger partial charge in [-0.05, 0) is 31.2 Å². The highest BCUT2D eigenvalue weighted by molar-refractivity contribution is 6.30. The van der Waals surface area contributed by atoms with Gasteiger partial charge in [-0.15, -0.1) is 0 Å². The number of nitriles is 1. The Bertz CT molecular complexity index is 1390. The standard InChI is InChI=1S/C25H16N2O6/c1-13(33-25(32)15-9-14(12-26)10-16(28)11-15)24(31)27-20-8-4-7-19-21(20)23(30)18-6-3-2-5-17(18)22(19)29/h2-11,13,28H,1H3,(H,27,31)/t13-/m1/s1. The number of anilines is 1. The molecule has 4 rings (SSSR count). The molecule has 1 aliphatic rings. The minimum Gasteiger partial charge on any atom is -0.508 e. The third kappa shape index (κ3) is 3.95. The minimum absolute atomic E-state index is 0.0541. The molecule has 8 heteroatoms. The van der Waals surface area contributed by atoms with Crippen molar-refractivity contribution in [3.8, 4) is 11.8 Å². The Labute approximate surface area is 188 Å². The monoisotopic (exact) mass is 440 g/mol. The molecular weight excluding hydrogens is 424 g/mol. The number of benzene rings is 3. The third-order valence-electron chi connectivity index (χ3n) is 5.15. The molecule has 8 nitrogen and oxygen atoms in total. The molecule has 2 N–H and O–H groups in total. The fourth-order valence-electron chi connectivity index (χ4n) is 3.56. The first-order valence-corrected chi connectivity index (χ1v) is 9.87. The number of phenols is 1. The van der Waals surface area contributed by atoms with Crippen molar-refractivity contribution in [2.75, 3.05) is 5.32 Å². The maximum Gasteiger partial charge on any atom is 0.339 e. The Kier molecular flexibility index (Phi) is 5.46. The molecule has 1 aliphatic carbocycles. The first kappa shape index (κ1) is 21.5. The molecule has 0 aromatic heterocycles. The number of rotatable bonds is 4. The van der Waals surface area contributed by atoms with Crippen LogP contribution in [0.2, 0.25) is 0 Å². The quantitative estimate of drug-likeness (QED) is 0.465. The summed E-state index contributed by atoms with van der Waals surface area (Å²) in [6.07, 6.45) is -1.28. The summed E-state index contributed by atoms with van der Waals surface area (Å²) in [6.45, 7) is 1.33. The van der Waals surface area contributed by atoms with E-state index in [9.17, 15) is 24.3 Å². The van der Waals surface area contributed by atoms with Crippen molar-refractivity contribution in [3.63, 3.8) is 0 Å². The van der Waals surface area contributed by atoms with Crippen LogP contribution in [0.25, 0.3) is 0 Å². The molecule has 0 radical (unpaired) electrons. The van der Waals surface area contributed by atoms with Crippen LogP contribution in [0.1, 0.15) is 54.7 Å². The Balaban J connectivity index is 1.56. The first-order valence-electron chi connectivity index (χ1n) is 9.87. The molecule has 33 heavy (non-hydrogen) atoms. The van der Waals surface area contributed by atoms with Crippen LogP contribution in [0.15, 0.2) is 60.7 Å². The Morgan fingerprint density at radius 3 is 2.33 bits per heavy atom. The van der Waals surface area contributed by atoms with Crippen LogP contribution in [0.3, 0.4) is 0 Å². The zero-order valence-electron chi connectivity index (χ0n) is 17.3. The van der Waals surface area contributed by atoms with Crippen LogP contribution in [0.4, 0.5) is 5.69 Å². The second-order valence-electron chi connectivity index (χ2n) is 7.35. The van der Waals surface area contributed by atoms with Gasteiger partial charge in [-0.25, -0.2) is 4.79 Å². The van der Waals surface area contributed by atoms with E-state index in [1.165, 1.54) is 31.2 Å². The van der Waals surface area contributed by atoms with E-state index in [0.717, 1.165) is 6.07 Å².